The van der Waals surface area contributed by atoms with Gasteiger partial charge in [0.05, 0.1) is 11.4 Å². The van der Waals surface area contributed by atoms with Crippen molar-refractivity contribution >= 4 is 17.3 Å². The second-order valence-electron chi connectivity index (χ2n) is 16.0. The molecule has 0 saturated carbocycles. The minimum Gasteiger partial charge on any atom is -0.339 e. The van der Waals surface area contributed by atoms with E-state index in [1.54, 1.807) is 0 Å². The first-order valence-corrected chi connectivity index (χ1v) is 23.1. The van der Waals surface area contributed by atoms with Crippen molar-refractivity contribution in [1.29, 1.82) is 0 Å². The lowest BCUT2D eigenvalue weighted by Crippen LogP contribution is -2.33. The molecule has 4 heteroatoms. The number of carbonyl (C=O) groups is 1. The van der Waals surface area contributed by atoms with E-state index >= 15 is 0 Å². The topological polar surface area (TPSA) is 45.0 Å². The van der Waals surface area contributed by atoms with E-state index in [1.165, 1.54) is 193 Å². The van der Waals surface area contributed by atoms with Gasteiger partial charge in [0.2, 0.25) is 0 Å². The summed E-state index contributed by atoms with van der Waals surface area (Å²) in [5, 5.41) is 8.70. The van der Waals surface area contributed by atoms with E-state index in [2.05, 4.69) is 29.0 Å². The fourth-order valence-corrected chi connectivity index (χ4v) is 7.48. The first-order valence-electron chi connectivity index (χ1n) is 23.1. The van der Waals surface area contributed by atoms with Gasteiger partial charge in [0.15, 0.2) is 0 Å². The summed E-state index contributed by atoms with van der Waals surface area (Å²) in [6, 6.07) is 17.5. The summed E-state index contributed by atoms with van der Waals surface area (Å²) < 4.78 is 0. The lowest BCUT2D eigenvalue weighted by atomic mass is 10.0. The van der Waals surface area contributed by atoms with Crippen molar-refractivity contribution in [3.8, 4) is 0 Å². The minimum absolute atomic E-state index is 0.165. The molecule has 4 nitrogen and oxygen atoms in total. The van der Waals surface area contributed by atoms with Gasteiger partial charge in [-0.2, -0.15) is 10.2 Å². The Labute approximate surface area is 328 Å². The molecule has 300 valence electrons. The SMILES string of the molecule is CCCCCCCCCCCCCCCCCCN(CCCCCCCCCCCCCCCCCC)C(=O)c1ccc(N=Nc2ccccc2)cc1. The van der Waals surface area contributed by atoms with Crippen molar-refractivity contribution in [3.63, 3.8) is 0 Å². The van der Waals surface area contributed by atoms with Gasteiger partial charge in [-0.3, -0.25) is 4.79 Å². The highest BCUT2D eigenvalue weighted by Crippen LogP contribution is 2.21. The molecule has 0 aliphatic heterocycles. The maximum atomic E-state index is 13.7. The van der Waals surface area contributed by atoms with Crippen LogP contribution in [-0.4, -0.2) is 23.9 Å². The zero-order chi connectivity index (χ0) is 37.7. The zero-order valence-corrected chi connectivity index (χ0v) is 35.0. The van der Waals surface area contributed by atoms with E-state index in [1.807, 2.05) is 54.6 Å². The van der Waals surface area contributed by atoms with Crippen LogP contribution < -0.4 is 0 Å². The summed E-state index contributed by atoms with van der Waals surface area (Å²) >= 11 is 0. The van der Waals surface area contributed by atoms with Gasteiger partial charge in [-0.1, -0.05) is 225 Å². The normalized spacial score (nSPS) is 11.5. The van der Waals surface area contributed by atoms with Crippen LogP contribution in [0.4, 0.5) is 11.4 Å². The van der Waals surface area contributed by atoms with Gasteiger partial charge >= 0.3 is 0 Å². The van der Waals surface area contributed by atoms with Crippen LogP contribution in [0.2, 0.25) is 0 Å². The number of hydrogen-bond donors (Lipinski definition) is 0. The molecule has 0 radical (unpaired) electrons. The number of nitrogens with zero attached hydrogens (tertiary/aromatic N) is 3. The van der Waals surface area contributed by atoms with Crippen LogP contribution in [0.1, 0.15) is 230 Å². The average molecular weight is 730 g/mol. The third-order valence-electron chi connectivity index (χ3n) is 11.0. The van der Waals surface area contributed by atoms with E-state index in [9.17, 15) is 4.79 Å². The number of azo groups is 1. The van der Waals surface area contributed by atoms with Gasteiger partial charge in [-0.15, -0.1) is 0 Å². The summed E-state index contributed by atoms with van der Waals surface area (Å²) in [5.41, 5.74) is 2.36. The van der Waals surface area contributed by atoms with E-state index in [4.69, 9.17) is 0 Å². The number of benzene rings is 2. The van der Waals surface area contributed by atoms with Crippen molar-refractivity contribution < 1.29 is 4.79 Å². The standard InChI is InChI=1S/C49H83N3O/c1-3-5-7-9-11-13-15-17-19-21-23-25-27-29-31-36-44-52(45-37-32-30-28-26-24-22-20-18-16-14-12-10-8-6-4-2)49(53)46-40-42-48(43-41-46)51-50-47-38-34-33-35-39-47/h33-35,38-43H,3-32,36-37,44-45H2,1-2H3. The predicted molar refractivity (Wildman–Crippen MR) is 232 cm³/mol. The fourth-order valence-electron chi connectivity index (χ4n) is 7.48. The van der Waals surface area contributed by atoms with E-state index < -0.39 is 0 Å². The molecule has 0 fully saturated rings. The number of hydrogen-bond acceptors (Lipinski definition) is 3. The molecule has 0 atom stereocenters. The molecule has 0 spiro atoms. The number of rotatable bonds is 37. The second-order valence-corrected chi connectivity index (χ2v) is 16.0. The Morgan fingerprint density at radius 3 is 0.981 bits per heavy atom. The molecule has 0 aromatic heterocycles. The van der Waals surface area contributed by atoms with Crippen LogP contribution in [0, 0.1) is 0 Å². The summed E-state index contributed by atoms with van der Waals surface area (Å²) in [7, 11) is 0. The third kappa shape index (κ3) is 26.9. The van der Waals surface area contributed by atoms with Crippen molar-refractivity contribution in [2.75, 3.05) is 13.1 Å². The molecular formula is C49H83N3O. The monoisotopic (exact) mass is 730 g/mol. The van der Waals surface area contributed by atoms with E-state index in [0.717, 1.165) is 42.9 Å². The molecule has 0 aliphatic rings. The first-order chi connectivity index (χ1) is 26.2. The van der Waals surface area contributed by atoms with Crippen LogP contribution in [0.5, 0.6) is 0 Å². The Bertz CT molecular complexity index is 1060. The highest BCUT2D eigenvalue weighted by atomic mass is 16.2. The fraction of sp³-hybridized carbons (Fsp3) is 0.735. The predicted octanol–water partition coefficient (Wildman–Crippen LogP) is 17.1. The van der Waals surface area contributed by atoms with Crippen LogP contribution in [0.15, 0.2) is 64.8 Å². The third-order valence-corrected chi connectivity index (χ3v) is 11.0. The van der Waals surface area contributed by atoms with Crippen molar-refractivity contribution in [2.24, 2.45) is 10.2 Å². The smallest absolute Gasteiger partial charge is 0.253 e. The minimum atomic E-state index is 0.165. The summed E-state index contributed by atoms with van der Waals surface area (Å²) in [5.74, 6) is 0.165. The Morgan fingerprint density at radius 2 is 0.660 bits per heavy atom. The second kappa shape index (κ2) is 35.2. The molecule has 2 rings (SSSR count). The van der Waals surface area contributed by atoms with Crippen molar-refractivity contribution in [1.82, 2.24) is 4.90 Å². The molecule has 53 heavy (non-hydrogen) atoms. The van der Waals surface area contributed by atoms with Gasteiger partial charge in [-0.05, 0) is 49.2 Å². The van der Waals surface area contributed by atoms with Gasteiger partial charge in [-0.25, -0.2) is 0 Å². The van der Waals surface area contributed by atoms with Gasteiger partial charge in [0.25, 0.3) is 5.91 Å². The molecular weight excluding hydrogens is 647 g/mol. The Balaban J connectivity index is 1.63. The lowest BCUT2D eigenvalue weighted by molar-refractivity contribution is 0.0749. The zero-order valence-electron chi connectivity index (χ0n) is 35.0. The summed E-state index contributed by atoms with van der Waals surface area (Å²) in [4.78, 5) is 15.8. The molecule has 0 N–H and O–H groups in total. The average Bonchev–Trinajstić information content (AvgIpc) is 3.19. The Morgan fingerprint density at radius 1 is 0.377 bits per heavy atom. The summed E-state index contributed by atoms with van der Waals surface area (Å²) in [6.45, 7) is 6.32. The molecule has 2 aromatic carbocycles. The molecule has 1 amide bonds. The summed E-state index contributed by atoms with van der Waals surface area (Å²) in [6.07, 6.45) is 43.8. The lowest BCUT2D eigenvalue weighted by Gasteiger charge is -2.23. The molecule has 0 saturated heterocycles. The maximum absolute atomic E-state index is 13.7. The molecule has 0 unspecified atom stereocenters. The van der Waals surface area contributed by atoms with Gasteiger partial charge in [0.1, 0.15) is 0 Å². The van der Waals surface area contributed by atoms with E-state index in [-0.39, 0.29) is 5.91 Å². The van der Waals surface area contributed by atoms with Crippen LogP contribution >= 0.6 is 0 Å². The quantitative estimate of drug-likeness (QED) is 0.0504. The number of amides is 1. The maximum Gasteiger partial charge on any atom is 0.253 e. The Kier molecular flexibility index (Phi) is 31.0. The van der Waals surface area contributed by atoms with Crippen molar-refractivity contribution in [2.45, 2.75) is 219 Å². The highest BCUT2D eigenvalue weighted by Gasteiger charge is 2.15. The van der Waals surface area contributed by atoms with E-state index in [0.29, 0.717) is 0 Å². The molecule has 0 heterocycles. The van der Waals surface area contributed by atoms with Crippen LogP contribution in [0.3, 0.4) is 0 Å². The van der Waals surface area contributed by atoms with Gasteiger partial charge < -0.3 is 4.90 Å². The van der Waals surface area contributed by atoms with Gasteiger partial charge in [0, 0.05) is 18.7 Å². The molecule has 0 aliphatic carbocycles. The highest BCUT2D eigenvalue weighted by molar-refractivity contribution is 5.94. The van der Waals surface area contributed by atoms with Crippen LogP contribution in [-0.2, 0) is 0 Å². The first kappa shape index (κ1) is 46.7. The number of carbonyl (C=O) groups excluding carboxylic acids is 1. The van der Waals surface area contributed by atoms with Crippen LogP contribution in [0.25, 0.3) is 0 Å². The van der Waals surface area contributed by atoms with Crippen molar-refractivity contribution in [3.05, 3.63) is 60.2 Å². The molecule has 0 bridgehead atoms. The number of unbranched alkanes of at least 4 members (excludes halogenated alkanes) is 30. The Hall–Kier alpha value is -2.49. The molecule has 2 aromatic rings. The largest absolute Gasteiger partial charge is 0.339 e.